The van der Waals surface area contributed by atoms with E-state index < -0.39 is 0 Å². The number of Topliss-reactive ketones (excluding diaryl/α,β-unsaturated/α-hetero) is 1. The van der Waals surface area contributed by atoms with Crippen LogP contribution < -0.4 is 9.64 Å². The predicted octanol–water partition coefficient (Wildman–Crippen LogP) is 4.29. The molecule has 1 aromatic carbocycles. The Labute approximate surface area is 189 Å². The van der Waals surface area contributed by atoms with E-state index in [2.05, 4.69) is 33.1 Å². The van der Waals surface area contributed by atoms with Crippen LogP contribution in [0.25, 0.3) is 11.6 Å². The zero-order valence-corrected chi connectivity index (χ0v) is 18.9. The van der Waals surface area contributed by atoms with Gasteiger partial charge in [0.2, 0.25) is 5.95 Å². The van der Waals surface area contributed by atoms with Crippen molar-refractivity contribution in [1.29, 1.82) is 0 Å². The summed E-state index contributed by atoms with van der Waals surface area (Å²) in [5, 5.41) is 0. The van der Waals surface area contributed by atoms with Gasteiger partial charge in [-0.15, -0.1) is 0 Å². The van der Waals surface area contributed by atoms with Crippen LogP contribution in [0.5, 0.6) is 5.75 Å². The molecule has 0 aliphatic heterocycles. The highest BCUT2D eigenvalue weighted by Gasteiger charge is 2.31. The summed E-state index contributed by atoms with van der Waals surface area (Å²) < 4.78 is 11.0. The van der Waals surface area contributed by atoms with Crippen LogP contribution in [-0.4, -0.2) is 43.6 Å². The summed E-state index contributed by atoms with van der Waals surface area (Å²) in [6.07, 6.45) is 12.0. The molecule has 0 amide bonds. The fourth-order valence-corrected chi connectivity index (χ4v) is 4.74. The summed E-state index contributed by atoms with van der Waals surface area (Å²) in [5.41, 5.74) is 6.14. The zero-order chi connectivity index (χ0) is 22.2. The number of ketones is 1. The molecule has 1 unspecified atom stereocenters. The molecule has 0 radical (unpaired) electrons. The maximum absolute atomic E-state index is 12.7. The van der Waals surface area contributed by atoms with E-state index in [9.17, 15) is 4.79 Å². The highest BCUT2D eigenvalue weighted by molar-refractivity contribution is 5.97. The lowest BCUT2D eigenvalue weighted by atomic mass is 9.92. The molecule has 166 valence electrons. The molecule has 2 fully saturated rings. The third-order valence-electron chi connectivity index (χ3n) is 6.64. The number of aromatic nitrogens is 2. The van der Waals surface area contributed by atoms with Crippen LogP contribution in [0.4, 0.5) is 5.95 Å². The molecule has 3 aliphatic carbocycles. The van der Waals surface area contributed by atoms with Crippen LogP contribution in [0.1, 0.15) is 47.9 Å². The first-order valence-electron chi connectivity index (χ1n) is 11.3. The maximum Gasteiger partial charge on any atom is 0.225 e. The molecule has 1 heterocycles. The summed E-state index contributed by atoms with van der Waals surface area (Å²) >= 11 is 0. The van der Waals surface area contributed by atoms with Crippen LogP contribution in [-0.2, 0) is 16.1 Å². The summed E-state index contributed by atoms with van der Waals surface area (Å²) in [7, 11) is 5.40. The number of carbonyl (C=O) groups excluding carboxylic acids is 1. The zero-order valence-electron chi connectivity index (χ0n) is 18.9. The van der Waals surface area contributed by atoms with Crippen molar-refractivity contribution in [1.82, 2.24) is 9.97 Å². The minimum absolute atomic E-state index is 0.188. The predicted molar refractivity (Wildman–Crippen MR) is 125 cm³/mol. The van der Waals surface area contributed by atoms with E-state index in [-0.39, 0.29) is 11.7 Å². The van der Waals surface area contributed by atoms with Gasteiger partial charge in [0.15, 0.2) is 0 Å². The molecule has 32 heavy (non-hydrogen) atoms. The van der Waals surface area contributed by atoms with Gasteiger partial charge in [-0.25, -0.2) is 9.97 Å². The number of methoxy groups -OCH3 is 2. The van der Waals surface area contributed by atoms with Crippen molar-refractivity contribution in [2.24, 2.45) is 11.8 Å². The molecular weight excluding hydrogens is 402 g/mol. The number of hydrogen-bond acceptors (Lipinski definition) is 6. The number of hydrogen-bond donors (Lipinski definition) is 0. The summed E-state index contributed by atoms with van der Waals surface area (Å²) in [6, 6.07) is 4.16. The molecule has 1 aromatic heterocycles. The van der Waals surface area contributed by atoms with Gasteiger partial charge >= 0.3 is 0 Å². The van der Waals surface area contributed by atoms with Crippen molar-refractivity contribution >= 4 is 23.4 Å². The van der Waals surface area contributed by atoms with E-state index in [1.807, 2.05) is 25.5 Å². The smallest absolute Gasteiger partial charge is 0.225 e. The van der Waals surface area contributed by atoms with Crippen molar-refractivity contribution in [3.8, 4) is 5.75 Å². The number of carbonyl (C=O) groups is 1. The van der Waals surface area contributed by atoms with Crippen molar-refractivity contribution in [2.45, 2.75) is 32.3 Å². The van der Waals surface area contributed by atoms with Crippen LogP contribution in [0.3, 0.4) is 0 Å². The van der Waals surface area contributed by atoms with Crippen LogP contribution in [0.2, 0.25) is 0 Å². The molecule has 0 saturated heterocycles. The Kier molecular flexibility index (Phi) is 5.55. The SMILES string of the molecule is COCc1cc2c(cc1OC)C(c1cnc(N(C)CC3CC3)nc1)=CC1C(=O)CCC1=C2. The minimum atomic E-state index is -0.188. The van der Waals surface area contributed by atoms with Crippen molar-refractivity contribution < 1.29 is 14.3 Å². The van der Waals surface area contributed by atoms with Crippen LogP contribution in [0.15, 0.2) is 36.2 Å². The molecular formula is C26H29N3O3. The Morgan fingerprint density at radius 3 is 2.59 bits per heavy atom. The summed E-state index contributed by atoms with van der Waals surface area (Å²) in [6.45, 7) is 1.46. The molecule has 2 aromatic rings. The molecule has 6 nitrogen and oxygen atoms in total. The molecule has 1 atom stereocenters. The van der Waals surface area contributed by atoms with Crippen molar-refractivity contribution in [3.05, 3.63) is 58.4 Å². The number of nitrogens with zero attached hydrogens (tertiary/aromatic N) is 3. The first-order valence-corrected chi connectivity index (χ1v) is 11.3. The van der Waals surface area contributed by atoms with E-state index >= 15 is 0 Å². The van der Waals surface area contributed by atoms with Crippen LogP contribution in [0, 0.1) is 11.8 Å². The number of rotatable bonds is 7. The van der Waals surface area contributed by atoms with Gasteiger partial charge in [-0.2, -0.15) is 0 Å². The van der Waals surface area contributed by atoms with E-state index in [4.69, 9.17) is 9.47 Å². The van der Waals surface area contributed by atoms with E-state index in [0.29, 0.717) is 13.0 Å². The second kappa shape index (κ2) is 8.51. The number of anilines is 1. The molecule has 5 rings (SSSR count). The number of ether oxygens (including phenoxy) is 2. The molecule has 0 N–H and O–H groups in total. The fourth-order valence-electron chi connectivity index (χ4n) is 4.74. The highest BCUT2D eigenvalue weighted by Crippen LogP contribution is 2.42. The van der Waals surface area contributed by atoms with Gasteiger partial charge in [-0.05, 0) is 54.0 Å². The second-order valence-corrected chi connectivity index (χ2v) is 9.02. The Morgan fingerprint density at radius 1 is 1.12 bits per heavy atom. The lowest BCUT2D eigenvalue weighted by Gasteiger charge is -2.18. The summed E-state index contributed by atoms with van der Waals surface area (Å²) in [5.74, 6) is 2.36. The molecule has 0 spiro atoms. The molecule has 2 saturated carbocycles. The van der Waals surface area contributed by atoms with Crippen molar-refractivity contribution in [3.63, 3.8) is 0 Å². The average Bonchev–Trinajstić information content (AvgIpc) is 3.58. The van der Waals surface area contributed by atoms with Gasteiger partial charge in [0.25, 0.3) is 0 Å². The Balaban J connectivity index is 1.58. The number of benzene rings is 1. The normalized spacial score (nSPS) is 19.6. The minimum Gasteiger partial charge on any atom is -0.496 e. The standard InChI is InChI=1S/C26H29N3O3/c1-29(14-16-4-5-16)26-27-12-20(13-28-26)21-10-23-17(6-7-24(23)30)8-18-9-19(15-31-2)25(32-3)11-22(18)21/h8-13,16,23H,4-7,14-15H2,1-3H3. The van der Waals surface area contributed by atoms with Gasteiger partial charge in [0.05, 0.1) is 19.6 Å². The molecule has 6 heteroatoms. The molecule has 3 aliphatic rings. The Bertz CT molecular complexity index is 1100. The van der Waals surface area contributed by atoms with E-state index in [1.54, 1.807) is 14.2 Å². The lowest BCUT2D eigenvalue weighted by molar-refractivity contribution is -0.119. The second-order valence-electron chi connectivity index (χ2n) is 9.02. The number of fused-ring (bicyclic) bond motifs is 2. The quantitative estimate of drug-likeness (QED) is 0.652. The fraction of sp³-hybridized carbons (Fsp3) is 0.423. The van der Waals surface area contributed by atoms with Gasteiger partial charge < -0.3 is 14.4 Å². The summed E-state index contributed by atoms with van der Waals surface area (Å²) in [4.78, 5) is 24.1. The third-order valence-corrected chi connectivity index (χ3v) is 6.64. The van der Waals surface area contributed by atoms with Crippen LogP contribution >= 0.6 is 0 Å². The van der Waals surface area contributed by atoms with Gasteiger partial charge in [-0.1, -0.05) is 17.7 Å². The largest absolute Gasteiger partial charge is 0.496 e. The third kappa shape index (κ3) is 3.95. The van der Waals surface area contributed by atoms with Gasteiger partial charge in [-0.3, -0.25) is 4.79 Å². The molecule has 0 bridgehead atoms. The van der Waals surface area contributed by atoms with Gasteiger partial charge in [0.1, 0.15) is 11.5 Å². The number of allylic oxidation sites excluding steroid dienone is 2. The first kappa shape index (κ1) is 20.9. The lowest BCUT2D eigenvalue weighted by Crippen LogP contribution is -2.22. The van der Waals surface area contributed by atoms with E-state index in [1.165, 1.54) is 18.4 Å². The van der Waals surface area contributed by atoms with Gasteiger partial charge in [0, 0.05) is 50.6 Å². The maximum atomic E-state index is 12.7. The average molecular weight is 432 g/mol. The Hall–Kier alpha value is -2.99. The monoisotopic (exact) mass is 431 g/mol. The Morgan fingerprint density at radius 2 is 1.91 bits per heavy atom. The van der Waals surface area contributed by atoms with Crippen molar-refractivity contribution in [2.75, 3.05) is 32.7 Å². The highest BCUT2D eigenvalue weighted by atomic mass is 16.5. The first-order chi connectivity index (χ1) is 15.6. The van der Waals surface area contributed by atoms with E-state index in [0.717, 1.165) is 58.4 Å². The topological polar surface area (TPSA) is 64.6 Å².